The Morgan fingerprint density at radius 2 is 2.00 bits per heavy atom. The molecule has 0 aliphatic heterocycles. The summed E-state index contributed by atoms with van der Waals surface area (Å²) in [6, 6.07) is 10.1. The van der Waals surface area contributed by atoms with Gasteiger partial charge >= 0.3 is 0 Å². The quantitative estimate of drug-likeness (QED) is 0.440. The number of rotatable bonds is 3. The molecule has 0 spiro atoms. The average molecular weight is 196 g/mol. The van der Waals surface area contributed by atoms with Gasteiger partial charge in [-0.1, -0.05) is 24.3 Å². The minimum Gasteiger partial charge on any atom is -0.382 e. The third kappa shape index (κ3) is 8.06. The molecule has 1 aromatic rings. The standard InChI is InChI=1S/C9H11N.HNO3/c1-2-8-10-9-6-4-3-5-7-9;2-1(3)4/h2-7,10H,1,8H2;(H,2,3,4). The molecule has 0 heterocycles. The topological polar surface area (TPSA) is 75.4 Å². The summed E-state index contributed by atoms with van der Waals surface area (Å²) in [5, 5.41) is 16.8. The van der Waals surface area contributed by atoms with Gasteiger partial charge in [0.05, 0.1) is 0 Å². The summed E-state index contributed by atoms with van der Waals surface area (Å²) in [6.45, 7) is 4.44. The number of hydrogen-bond acceptors (Lipinski definition) is 3. The minimum absolute atomic E-state index is 0.823. The molecule has 0 atom stereocenters. The Labute approximate surface area is 81.8 Å². The van der Waals surface area contributed by atoms with Gasteiger partial charge in [0.1, 0.15) is 0 Å². The predicted octanol–water partition coefficient (Wildman–Crippen LogP) is 1.94. The van der Waals surface area contributed by atoms with Crippen molar-refractivity contribution in [2.24, 2.45) is 0 Å². The first-order chi connectivity index (χ1) is 6.66. The summed E-state index contributed by atoms with van der Waals surface area (Å²) >= 11 is 0. The van der Waals surface area contributed by atoms with E-state index < -0.39 is 5.09 Å². The van der Waals surface area contributed by atoms with Gasteiger partial charge in [0.2, 0.25) is 0 Å². The monoisotopic (exact) mass is 196 g/mol. The number of para-hydroxylation sites is 1. The fourth-order valence-electron chi connectivity index (χ4n) is 0.746. The summed E-state index contributed by atoms with van der Waals surface area (Å²) in [6.07, 6.45) is 1.84. The molecule has 0 saturated heterocycles. The Hall–Kier alpha value is -2.04. The SMILES string of the molecule is C=CCNc1ccccc1.O=[N+]([O-])O. The van der Waals surface area contributed by atoms with Gasteiger partial charge in [-0.05, 0) is 12.1 Å². The Morgan fingerprint density at radius 1 is 1.50 bits per heavy atom. The molecular weight excluding hydrogens is 184 g/mol. The van der Waals surface area contributed by atoms with Crippen molar-refractivity contribution >= 4 is 5.69 Å². The van der Waals surface area contributed by atoms with Gasteiger partial charge in [0, 0.05) is 12.2 Å². The highest BCUT2D eigenvalue weighted by molar-refractivity contribution is 5.42. The van der Waals surface area contributed by atoms with E-state index >= 15 is 0 Å². The van der Waals surface area contributed by atoms with Crippen LogP contribution in [0.4, 0.5) is 5.69 Å². The second-order valence-electron chi connectivity index (χ2n) is 2.27. The maximum Gasteiger partial charge on any atom is 0.291 e. The lowest BCUT2D eigenvalue weighted by atomic mass is 10.3. The molecular formula is C9H12N2O3. The van der Waals surface area contributed by atoms with Crippen LogP contribution in [0.15, 0.2) is 43.0 Å². The Kier molecular flexibility index (Phi) is 6.49. The summed E-state index contributed by atoms with van der Waals surface area (Å²) in [5.74, 6) is 0. The van der Waals surface area contributed by atoms with Gasteiger partial charge in [-0.15, -0.1) is 16.7 Å². The maximum atomic E-state index is 8.36. The molecule has 0 unspecified atom stereocenters. The fraction of sp³-hybridized carbons (Fsp3) is 0.111. The van der Waals surface area contributed by atoms with Gasteiger partial charge in [0.25, 0.3) is 5.09 Å². The normalized spacial score (nSPS) is 8.00. The molecule has 2 N–H and O–H groups in total. The first kappa shape index (κ1) is 12.0. The van der Waals surface area contributed by atoms with Crippen molar-refractivity contribution in [1.29, 1.82) is 0 Å². The zero-order valence-corrected chi connectivity index (χ0v) is 7.59. The third-order valence-electron chi connectivity index (χ3n) is 1.22. The van der Waals surface area contributed by atoms with Crippen molar-refractivity contribution in [3.63, 3.8) is 0 Å². The molecule has 0 aliphatic rings. The lowest BCUT2D eigenvalue weighted by Gasteiger charge is -2.00. The molecule has 5 nitrogen and oxygen atoms in total. The highest BCUT2D eigenvalue weighted by Gasteiger charge is 1.82. The van der Waals surface area contributed by atoms with Crippen molar-refractivity contribution in [2.75, 3.05) is 11.9 Å². The molecule has 0 saturated carbocycles. The van der Waals surface area contributed by atoms with Gasteiger partial charge in [-0.3, -0.25) is 0 Å². The number of nitrogens with one attached hydrogen (secondary N) is 1. The molecule has 14 heavy (non-hydrogen) atoms. The van der Waals surface area contributed by atoms with Crippen LogP contribution in [0, 0.1) is 10.1 Å². The van der Waals surface area contributed by atoms with E-state index in [0.29, 0.717) is 0 Å². The van der Waals surface area contributed by atoms with Gasteiger partial charge in [-0.2, -0.15) is 0 Å². The predicted molar refractivity (Wildman–Crippen MR) is 53.9 cm³/mol. The van der Waals surface area contributed by atoms with Gasteiger partial charge in [0.15, 0.2) is 0 Å². The first-order valence-corrected chi connectivity index (χ1v) is 3.90. The highest BCUT2D eigenvalue weighted by atomic mass is 16.9. The molecule has 0 bridgehead atoms. The molecule has 0 radical (unpaired) electrons. The van der Waals surface area contributed by atoms with Crippen LogP contribution in [-0.4, -0.2) is 16.8 Å². The largest absolute Gasteiger partial charge is 0.382 e. The van der Waals surface area contributed by atoms with E-state index in [4.69, 9.17) is 15.3 Å². The molecule has 1 rings (SSSR count). The van der Waals surface area contributed by atoms with E-state index in [0.717, 1.165) is 12.2 Å². The minimum atomic E-state index is -1.50. The summed E-state index contributed by atoms with van der Waals surface area (Å²) < 4.78 is 0. The second kappa shape index (κ2) is 7.60. The van der Waals surface area contributed by atoms with Crippen LogP contribution in [-0.2, 0) is 0 Å². The Balaban J connectivity index is 0.000000364. The van der Waals surface area contributed by atoms with Crippen molar-refractivity contribution in [2.45, 2.75) is 0 Å². The van der Waals surface area contributed by atoms with Gasteiger partial charge < -0.3 is 10.5 Å². The third-order valence-corrected chi connectivity index (χ3v) is 1.22. The molecule has 76 valence electrons. The van der Waals surface area contributed by atoms with E-state index in [9.17, 15) is 0 Å². The molecule has 0 aliphatic carbocycles. The average Bonchev–Trinajstić information content (AvgIpc) is 2.15. The molecule has 0 fully saturated rings. The lowest BCUT2D eigenvalue weighted by Crippen LogP contribution is -1.96. The number of nitrogens with zero attached hydrogens (tertiary/aromatic N) is 1. The lowest BCUT2D eigenvalue weighted by molar-refractivity contribution is -0.742. The molecule has 1 aromatic carbocycles. The van der Waals surface area contributed by atoms with Crippen LogP contribution >= 0.6 is 0 Å². The molecule has 0 aromatic heterocycles. The number of hydrogen-bond donors (Lipinski definition) is 2. The highest BCUT2D eigenvalue weighted by Crippen LogP contribution is 2.03. The number of anilines is 1. The van der Waals surface area contributed by atoms with Crippen LogP contribution < -0.4 is 5.32 Å². The van der Waals surface area contributed by atoms with Crippen molar-refractivity contribution in [3.05, 3.63) is 53.1 Å². The van der Waals surface area contributed by atoms with E-state index in [1.54, 1.807) is 0 Å². The first-order valence-electron chi connectivity index (χ1n) is 3.90. The van der Waals surface area contributed by atoms with Crippen LogP contribution in [0.25, 0.3) is 0 Å². The fourth-order valence-corrected chi connectivity index (χ4v) is 0.746. The maximum absolute atomic E-state index is 8.36. The Bertz CT molecular complexity index is 271. The van der Waals surface area contributed by atoms with Crippen LogP contribution in [0.5, 0.6) is 0 Å². The van der Waals surface area contributed by atoms with Crippen LogP contribution in [0.1, 0.15) is 0 Å². The van der Waals surface area contributed by atoms with Crippen molar-refractivity contribution < 1.29 is 10.3 Å². The van der Waals surface area contributed by atoms with E-state index in [2.05, 4.69) is 11.9 Å². The molecule has 0 amide bonds. The van der Waals surface area contributed by atoms with Crippen molar-refractivity contribution in [3.8, 4) is 0 Å². The second-order valence-corrected chi connectivity index (χ2v) is 2.27. The molecule has 5 heteroatoms. The smallest absolute Gasteiger partial charge is 0.291 e. The van der Waals surface area contributed by atoms with Gasteiger partial charge in [-0.25, -0.2) is 0 Å². The zero-order chi connectivity index (χ0) is 10.8. The van der Waals surface area contributed by atoms with E-state index in [1.807, 2.05) is 36.4 Å². The zero-order valence-electron chi connectivity index (χ0n) is 7.59. The van der Waals surface area contributed by atoms with Crippen LogP contribution in [0.3, 0.4) is 0 Å². The summed E-state index contributed by atoms with van der Waals surface area (Å²) in [4.78, 5) is 8.36. The Morgan fingerprint density at radius 3 is 2.43 bits per heavy atom. The summed E-state index contributed by atoms with van der Waals surface area (Å²) in [5.41, 5.74) is 1.14. The van der Waals surface area contributed by atoms with Crippen LogP contribution in [0.2, 0.25) is 0 Å². The van der Waals surface area contributed by atoms with E-state index in [-0.39, 0.29) is 0 Å². The van der Waals surface area contributed by atoms with Crippen molar-refractivity contribution in [1.82, 2.24) is 0 Å². The van der Waals surface area contributed by atoms with E-state index in [1.165, 1.54) is 0 Å². The summed E-state index contributed by atoms with van der Waals surface area (Å²) in [7, 11) is 0. The number of benzene rings is 1.